The normalized spacial score (nSPS) is 12.8. The van der Waals surface area contributed by atoms with Crippen molar-refractivity contribution in [2.45, 2.75) is 73.0 Å². The van der Waals surface area contributed by atoms with Gasteiger partial charge in [0.15, 0.2) is 5.69 Å². The second kappa shape index (κ2) is 17.1. The van der Waals surface area contributed by atoms with Gasteiger partial charge in [-0.15, -0.1) is 0 Å². The predicted octanol–water partition coefficient (Wildman–Crippen LogP) is 8.79. The summed E-state index contributed by atoms with van der Waals surface area (Å²) in [6.07, 6.45) is -0.123. The van der Waals surface area contributed by atoms with E-state index in [1.165, 1.54) is 43.7 Å². The number of nitrogens with zero attached hydrogens (tertiary/aromatic N) is 3. The SMILES string of the molecule is C=C(/C=C(\C(=O)NC)c1ccc(C)c(F)c1)Cn1cnc(C(F)(F)F)c(C)c1=O.CC(C)C(C)C.N#Cc1cc(Cl)cc(C2CC2)c1. The molecule has 0 unspecified atom stereocenters. The first-order valence-electron chi connectivity index (χ1n) is 15.1. The third-order valence-electron chi connectivity index (χ3n) is 7.64. The molecule has 11 heteroatoms. The second-order valence-electron chi connectivity index (χ2n) is 12.1. The van der Waals surface area contributed by atoms with Crippen LogP contribution in [0.1, 0.15) is 80.0 Å². The molecule has 1 aromatic heterocycles. The van der Waals surface area contributed by atoms with Crippen LogP contribution in [0.15, 0.2) is 65.7 Å². The van der Waals surface area contributed by atoms with Crippen LogP contribution in [-0.2, 0) is 17.5 Å². The number of halogens is 5. The summed E-state index contributed by atoms with van der Waals surface area (Å²) >= 11 is 5.85. The number of benzene rings is 2. The minimum absolute atomic E-state index is 0.0982. The zero-order valence-electron chi connectivity index (χ0n) is 27.7. The number of nitrogens with one attached hydrogen (secondary N) is 1. The van der Waals surface area contributed by atoms with Gasteiger partial charge in [0.1, 0.15) is 5.82 Å². The third kappa shape index (κ3) is 11.8. The fraction of sp³-hybridized carbons (Fsp3) is 0.389. The highest BCUT2D eigenvalue weighted by molar-refractivity contribution is 6.30. The summed E-state index contributed by atoms with van der Waals surface area (Å²) in [6.45, 7) is 15.1. The molecule has 0 radical (unpaired) electrons. The van der Waals surface area contributed by atoms with E-state index in [0.717, 1.165) is 29.7 Å². The van der Waals surface area contributed by atoms with Gasteiger partial charge in [0, 0.05) is 23.2 Å². The molecule has 1 N–H and O–H groups in total. The van der Waals surface area contributed by atoms with Gasteiger partial charge in [-0.2, -0.15) is 18.4 Å². The molecule has 1 aliphatic rings. The lowest BCUT2D eigenvalue weighted by atomic mass is 10.0. The first-order valence-corrected chi connectivity index (χ1v) is 15.5. The predicted molar refractivity (Wildman–Crippen MR) is 178 cm³/mol. The number of aromatic nitrogens is 2. The van der Waals surface area contributed by atoms with Gasteiger partial charge in [0.25, 0.3) is 11.5 Å². The van der Waals surface area contributed by atoms with E-state index in [2.05, 4.69) is 50.6 Å². The van der Waals surface area contributed by atoms with Crippen molar-refractivity contribution in [3.05, 3.63) is 116 Å². The highest BCUT2D eigenvalue weighted by atomic mass is 35.5. The van der Waals surface area contributed by atoms with Crippen LogP contribution < -0.4 is 10.9 Å². The van der Waals surface area contributed by atoms with Gasteiger partial charge in [-0.3, -0.25) is 14.2 Å². The van der Waals surface area contributed by atoms with Gasteiger partial charge in [-0.25, -0.2) is 9.37 Å². The molecule has 0 spiro atoms. The Morgan fingerprint density at radius 2 is 1.77 bits per heavy atom. The Bertz CT molecular complexity index is 1710. The number of amides is 1. The molecule has 1 fully saturated rings. The number of rotatable bonds is 7. The van der Waals surface area contributed by atoms with Gasteiger partial charge in [0.05, 0.1) is 24.5 Å². The van der Waals surface area contributed by atoms with Crippen LogP contribution in [0, 0.1) is 42.8 Å². The summed E-state index contributed by atoms with van der Waals surface area (Å²) in [6, 6.07) is 12.0. The standard InChI is InChI=1S/C20H19F4N3O2.C10H8ClN.C6H14/c1-11(9-27-10-26-17(20(22,23)24)13(3)19(27)29)7-15(18(28)25-4)14-6-5-12(2)16(21)8-14;11-10-4-7(6-12)3-9(5-10)8-1-2-8;1-5(2)6(3)4/h5-8,10H,1,9H2,2-4H3,(H,25,28);3-5,8H,1-2H2;5-6H,1-4H3/b15-7-;;. The fourth-order valence-electron chi connectivity index (χ4n) is 3.96. The molecular weight excluding hydrogens is 632 g/mol. The number of carbonyl (C=O) groups is 1. The molecule has 1 saturated carbocycles. The molecule has 3 aromatic rings. The van der Waals surface area contributed by atoms with Crippen LogP contribution in [0.5, 0.6) is 0 Å². The Hall–Kier alpha value is -4.23. The molecule has 4 rings (SSSR count). The molecule has 1 heterocycles. The van der Waals surface area contributed by atoms with Crippen LogP contribution in [0.2, 0.25) is 5.02 Å². The Kier molecular flexibility index (Phi) is 14.1. The van der Waals surface area contributed by atoms with Crippen LogP contribution in [0.4, 0.5) is 17.6 Å². The Morgan fingerprint density at radius 1 is 1.15 bits per heavy atom. The first kappa shape index (κ1) is 39.0. The fourth-order valence-corrected chi connectivity index (χ4v) is 4.21. The lowest BCUT2D eigenvalue weighted by Gasteiger charge is -2.13. The monoisotopic (exact) mass is 672 g/mol. The highest BCUT2D eigenvalue weighted by Gasteiger charge is 2.35. The van der Waals surface area contributed by atoms with Crippen molar-refractivity contribution in [3.63, 3.8) is 0 Å². The largest absolute Gasteiger partial charge is 0.433 e. The molecule has 1 amide bonds. The summed E-state index contributed by atoms with van der Waals surface area (Å²) in [5.74, 6) is 1.36. The molecule has 252 valence electrons. The average Bonchev–Trinajstić information content (AvgIpc) is 3.85. The molecule has 2 aromatic carbocycles. The van der Waals surface area contributed by atoms with Crippen LogP contribution in [0.25, 0.3) is 5.57 Å². The van der Waals surface area contributed by atoms with Crippen molar-refractivity contribution < 1.29 is 22.4 Å². The summed E-state index contributed by atoms with van der Waals surface area (Å²) < 4.78 is 53.4. The molecule has 1 aliphatic carbocycles. The van der Waals surface area contributed by atoms with Gasteiger partial charge >= 0.3 is 6.18 Å². The maximum atomic E-state index is 13.9. The topological polar surface area (TPSA) is 87.8 Å². The summed E-state index contributed by atoms with van der Waals surface area (Å²) in [5.41, 5.74) is 0.274. The zero-order chi connectivity index (χ0) is 35.6. The lowest BCUT2D eigenvalue weighted by Crippen LogP contribution is -2.28. The third-order valence-corrected chi connectivity index (χ3v) is 7.86. The minimum atomic E-state index is -4.73. The van der Waals surface area contributed by atoms with Crippen LogP contribution in [-0.4, -0.2) is 22.5 Å². The Morgan fingerprint density at radius 3 is 2.26 bits per heavy atom. The highest BCUT2D eigenvalue weighted by Crippen LogP contribution is 2.41. The smallest absolute Gasteiger partial charge is 0.355 e. The first-order chi connectivity index (χ1) is 21.9. The van der Waals surface area contributed by atoms with E-state index in [-0.39, 0.29) is 17.7 Å². The van der Waals surface area contributed by atoms with E-state index in [4.69, 9.17) is 16.9 Å². The molecule has 0 atom stereocenters. The van der Waals surface area contributed by atoms with E-state index in [1.807, 2.05) is 12.1 Å². The molecular formula is C36H41ClF4N4O2. The lowest BCUT2D eigenvalue weighted by molar-refractivity contribution is -0.141. The maximum Gasteiger partial charge on any atom is 0.433 e. The number of allylic oxidation sites excluding steroid dienone is 2. The van der Waals surface area contributed by atoms with E-state index in [0.29, 0.717) is 27.6 Å². The van der Waals surface area contributed by atoms with Crippen molar-refractivity contribution >= 4 is 23.1 Å². The summed E-state index contributed by atoms with van der Waals surface area (Å²) in [4.78, 5) is 27.8. The van der Waals surface area contributed by atoms with Crippen LogP contribution >= 0.6 is 11.6 Å². The van der Waals surface area contributed by atoms with Gasteiger partial charge in [0.2, 0.25) is 0 Å². The van der Waals surface area contributed by atoms with E-state index in [1.54, 1.807) is 19.1 Å². The van der Waals surface area contributed by atoms with E-state index in [9.17, 15) is 27.2 Å². The number of hydrogen-bond acceptors (Lipinski definition) is 4. The van der Waals surface area contributed by atoms with Gasteiger partial charge < -0.3 is 5.32 Å². The minimum Gasteiger partial charge on any atom is -0.355 e. The van der Waals surface area contributed by atoms with Crippen molar-refractivity contribution in [1.29, 1.82) is 5.26 Å². The van der Waals surface area contributed by atoms with Crippen molar-refractivity contribution in [2.24, 2.45) is 11.8 Å². The van der Waals surface area contributed by atoms with Crippen LogP contribution in [0.3, 0.4) is 0 Å². The summed E-state index contributed by atoms with van der Waals surface area (Å²) in [5, 5.41) is 11.8. The second-order valence-corrected chi connectivity index (χ2v) is 12.5. The molecule has 0 saturated heterocycles. The van der Waals surface area contributed by atoms with E-state index >= 15 is 0 Å². The average molecular weight is 673 g/mol. The molecule has 47 heavy (non-hydrogen) atoms. The number of hydrogen-bond donors (Lipinski definition) is 1. The van der Waals surface area contributed by atoms with E-state index < -0.39 is 34.7 Å². The van der Waals surface area contributed by atoms with Gasteiger partial charge in [-0.1, -0.05) is 58.0 Å². The van der Waals surface area contributed by atoms with Crippen molar-refractivity contribution in [1.82, 2.24) is 14.9 Å². The number of carbonyl (C=O) groups excluding carboxylic acids is 1. The molecule has 0 aliphatic heterocycles. The number of aryl methyl sites for hydroxylation is 1. The molecule has 0 bridgehead atoms. The summed E-state index contributed by atoms with van der Waals surface area (Å²) in [7, 11) is 1.40. The zero-order valence-corrected chi connectivity index (χ0v) is 28.5. The van der Waals surface area contributed by atoms with Crippen molar-refractivity contribution in [2.75, 3.05) is 7.05 Å². The number of nitriles is 1. The number of alkyl halides is 3. The van der Waals surface area contributed by atoms with Gasteiger partial charge in [-0.05, 0) is 97.0 Å². The Labute approximate surface area is 278 Å². The Balaban J connectivity index is 0.000000346. The van der Waals surface area contributed by atoms with Crippen molar-refractivity contribution in [3.8, 4) is 6.07 Å². The number of likely N-dealkylation sites (N-methyl/N-ethyl adjacent to an activating group) is 1. The quantitative estimate of drug-likeness (QED) is 0.154. The molecule has 6 nitrogen and oxygen atoms in total. The maximum absolute atomic E-state index is 13.9.